The fraction of sp³-hybridized carbons (Fsp3) is 1.00. The van der Waals surface area contributed by atoms with E-state index in [2.05, 4.69) is 5.32 Å². The molecule has 1 saturated carbocycles. The minimum Gasteiger partial charge on any atom is -0.330 e. The summed E-state index contributed by atoms with van der Waals surface area (Å²) in [6, 6.07) is 0. The molecule has 0 aromatic heterocycles. The number of hydrogen-bond donors (Lipinski definition) is 2. The van der Waals surface area contributed by atoms with Crippen LogP contribution in [0.2, 0.25) is 0 Å². The Morgan fingerprint density at radius 1 is 1.25 bits per heavy atom. The maximum atomic E-state index is 5.62. The highest BCUT2D eigenvalue weighted by Crippen LogP contribution is 2.57. The standard InChI is InChI=1S/C8H16N2.2ClH/c9-6-7-5-8(7)1-3-10-4-2-8;;/h7,10H,1-6,9H2;2*1H. The van der Waals surface area contributed by atoms with E-state index in [0.29, 0.717) is 5.41 Å². The molecular weight excluding hydrogens is 195 g/mol. The van der Waals surface area contributed by atoms with Gasteiger partial charge in [0.2, 0.25) is 0 Å². The van der Waals surface area contributed by atoms with Gasteiger partial charge in [0.25, 0.3) is 0 Å². The quantitative estimate of drug-likeness (QED) is 0.686. The van der Waals surface area contributed by atoms with Gasteiger partial charge in [0.05, 0.1) is 0 Å². The normalized spacial score (nSPS) is 30.2. The van der Waals surface area contributed by atoms with Gasteiger partial charge in [0, 0.05) is 0 Å². The van der Waals surface area contributed by atoms with Crippen molar-refractivity contribution in [1.29, 1.82) is 0 Å². The van der Waals surface area contributed by atoms with Gasteiger partial charge in [-0.1, -0.05) is 0 Å². The molecule has 1 atom stereocenters. The third-order valence-corrected chi connectivity index (χ3v) is 3.24. The average molecular weight is 213 g/mol. The number of halogens is 2. The second-order valence-electron chi connectivity index (χ2n) is 3.75. The van der Waals surface area contributed by atoms with Crippen molar-refractivity contribution >= 4 is 24.8 Å². The first-order valence-corrected chi connectivity index (χ1v) is 4.28. The Hall–Kier alpha value is 0.500. The van der Waals surface area contributed by atoms with Gasteiger partial charge >= 0.3 is 0 Å². The van der Waals surface area contributed by atoms with E-state index in [-0.39, 0.29) is 24.8 Å². The Morgan fingerprint density at radius 3 is 2.25 bits per heavy atom. The fourth-order valence-electron chi connectivity index (χ4n) is 2.30. The van der Waals surface area contributed by atoms with E-state index >= 15 is 0 Å². The highest BCUT2D eigenvalue weighted by Gasteiger charge is 2.52. The largest absolute Gasteiger partial charge is 0.330 e. The van der Waals surface area contributed by atoms with Crippen LogP contribution in [0, 0.1) is 11.3 Å². The predicted molar refractivity (Wildman–Crippen MR) is 56.2 cm³/mol. The summed E-state index contributed by atoms with van der Waals surface area (Å²) in [4.78, 5) is 0. The lowest BCUT2D eigenvalue weighted by atomic mass is 9.92. The van der Waals surface area contributed by atoms with E-state index in [1.54, 1.807) is 0 Å². The molecule has 1 spiro atoms. The zero-order valence-corrected chi connectivity index (χ0v) is 8.85. The predicted octanol–water partition coefficient (Wildman–Crippen LogP) is 1.18. The van der Waals surface area contributed by atoms with Crippen molar-refractivity contribution < 1.29 is 0 Å². The molecule has 1 heterocycles. The molecule has 2 rings (SSSR count). The number of nitrogens with two attached hydrogens (primary N) is 1. The van der Waals surface area contributed by atoms with E-state index in [1.165, 1.54) is 32.4 Å². The highest BCUT2D eigenvalue weighted by molar-refractivity contribution is 5.85. The zero-order chi connectivity index (χ0) is 7.03. The molecule has 0 radical (unpaired) electrons. The molecular formula is C8H18Cl2N2. The smallest absolute Gasteiger partial charge is 0.00433 e. The Kier molecular flexibility index (Phi) is 4.85. The van der Waals surface area contributed by atoms with Crippen molar-refractivity contribution in [2.45, 2.75) is 19.3 Å². The van der Waals surface area contributed by atoms with Crippen molar-refractivity contribution in [3.8, 4) is 0 Å². The van der Waals surface area contributed by atoms with Crippen molar-refractivity contribution in [1.82, 2.24) is 5.32 Å². The molecule has 2 aliphatic rings. The summed E-state index contributed by atoms with van der Waals surface area (Å²) < 4.78 is 0. The highest BCUT2D eigenvalue weighted by atomic mass is 35.5. The van der Waals surface area contributed by atoms with Crippen LogP contribution in [0.4, 0.5) is 0 Å². The Balaban J connectivity index is 0.000000605. The van der Waals surface area contributed by atoms with Crippen LogP contribution in [0.25, 0.3) is 0 Å². The van der Waals surface area contributed by atoms with E-state index in [1.807, 2.05) is 0 Å². The van der Waals surface area contributed by atoms with Crippen molar-refractivity contribution in [2.75, 3.05) is 19.6 Å². The molecule has 1 aliphatic carbocycles. The molecule has 2 fully saturated rings. The Morgan fingerprint density at radius 2 is 1.83 bits per heavy atom. The van der Waals surface area contributed by atoms with Gasteiger partial charge in [0.1, 0.15) is 0 Å². The molecule has 4 heteroatoms. The molecule has 1 unspecified atom stereocenters. The van der Waals surface area contributed by atoms with Gasteiger partial charge in [0.15, 0.2) is 0 Å². The van der Waals surface area contributed by atoms with Crippen molar-refractivity contribution in [3.63, 3.8) is 0 Å². The minimum absolute atomic E-state index is 0. The topological polar surface area (TPSA) is 38.0 Å². The van der Waals surface area contributed by atoms with E-state index < -0.39 is 0 Å². The molecule has 0 bridgehead atoms. The summed E-state index contributed by atoms with van der Waals surface area (Å²) in [5.74, 6) is 0.870. The molecule has 1 aliphatic heterocycles. The second-order valence-corrected chi connectivity index (χ2v) is 3.75. The van der Waals surface area contributed by atoms with E-state index in [9.17, 15) is 0 Å². The molecule has 0 aromatic rings. The van der Waals surface area contributed by atoms with Crippen LogP contribution in [0.5, 0.6) is 0 Å². The summed E-state index contributed by atoms with van der Waals surface area (Å²) in [7, 11) is 0. The average Bonchev–Trinajstić information content (AvgIpc) is 2.65. The minimum atomic E-state index is 0. The molecule has 0 aromatic carbocycles. The summed E-state index contributed by atoms with van der Waals surface area (Å²) >= 11 is 0. The Bertz CT molecular complexity index is 135. The van der Waals surface area contributed by atoms with Gasteiger partial charge in [-0.3, -0.25) is 0 Å². The fourth-order valence-corrected chi connectivity index (χ4v) is 2.30. The molecule has 74 valence electrons. The molecule has 3 N–H and O–H groups in total. The number of rotatable bonds is 1. The summed E-state index contributed by atoms with van der Waals surface area (Å²) in [6.45, 7) is 3.35. The van der Waals surface area contributed by atoms with Crippen LogP contribution in [0.1, 0.15) is 19.3 Å². The van der Waals surface area contributed by atoms with E-state index in [4.69, 9.17) is 5.73 Å². The molecule has 12 heavy (non-hydrogen) atoms. The van der Waals surface area contributed by atoms with Gasteiger partial charge in [-0.05, 0) is 50.2 Å². The van der Waals surface area contributed by atoms with Gasteiger partial charge < -0.3 is 11.1 Å². The summed E-state index contributed by atoms with van der Waals surface area (Å²) in [6.07, 6.45) is 4.15. The summed E-state index contributed by atoms with van der Waals surface area (Å²) in [5, 5.41) is 3.38. The number of nitrogens with one attached hydrogen (secondary N) is 1. The maximum Gasteiger partial charge on any atom is -0.00433 e. The zero-order valence-electron chi connectivity index (χ0n) is 7.21. The lowest BCUT2D eigenvalue weighted by Crippen LogP contribution is -2.30. The first-order valence-electron chi connectivity index (χ1n) is 4.28. The van der Waals surface area contributed by atoms with Crippen LogP contribution in [0.15, 0.2) is 0 Å². The van der Waals surface area contributed by atoms with Crippen molar-refractivity contribution in [3.05, 3.63) is 0 Å². The van der Waals surface area contributed by atoms with E-state index in [0.717, 1.165) is 12.5 Å². The van der Waals surface area contributed by atoms with Gasteiger partial charge in [-0.2, -0.15) is 0 Å². The maximum absolute atomic E-state index is 5.62. The summed E-state index contributed by atoms with van der Waals surface area (Å²) in [5.41, 5.74) is 6.33. The van der Waals surface area contributed by atoms with Crippen LogP contribution in [-0.4, -0.2) is 19.6 Å². The lowest BCUT2D eigenvalue weighted by Gasteiger charge is -2.23. The number of piperidine rings is 1. The number of hydrogen-bond acceptors (Lipinski definition) is 2. The van der Waals surface area contributed by atoms with Crippen molar-refractivity contribution in [2.24, 2.45) is 17.1 Å². The van der Waals surface area contributed by atoms with Gasteiger partial charge in [-0.25, -0.2) is 0 Å². The van der Waals surface area contributed by atoms with Crippen LogP contribution < -0.4 is 11.1 Å². The first kappa shape index (κ1) is 12.5. The Labute approximate surface area is 86.5 Å². The monoisotopic (exact) mass is 212 g/mol. The molecule has 1 saturated heterocycles. The van der Waals surface area contributed by atoms with Crippen LogP contribution >= 0.6 is 24.8 Å². The molecule has 0 amide bonds. The molecule has 2 nitrogen and oxygen atoms in total. The van der Waals surface area contributed by atoms with Gasteiger partial charge in [-0.15, -0.1) is 24.8 Å². The second kappa shape index (κ2) is 4.66. The third-order valence-electron chi connectivity index (χ3n) is 3.24. The van der Waals surface area contributed by atoms with Crippen LogP contribution in [0.3, 0.4) is 0 Å². The third kappa shape index (κ3) is 2.05. The SMILES string of the molecule is Cl.Cl.NCC1CC12CCNCC2. The first-order chi connectivity index (χ1) is 4.87. The van der Waals surface area contributed by atoms with Crippen LogP contribution in [-0.2, 0) is 0 Å². The lowest BCUT2D eigenvalue weighted by molar-refractivity contribution is 0.325.